The summed E-state index contributed by atoms with van der Waals surface area (Å²) in [7, 11) is -4.20. The van der Waals surface area contributed by atoms with Crippen molar-refractivity contribution >= 4 is 27.6 Å². The Hall–Kier alpha value is -2.88. The van der Waals surface area contributed by atoms with Gasteiger partial charge in [0.25, 0.3) is 5.91 Å². The molecule has 4 rings (SSSR count). The number of phenolic OH excluding ortho intramolecular Hbond substituents is 1. The van der Waals surface area contributed by atoms with E-state index in [0.29, 0.717) is 21.6 Å². The smallest absolute Gasteiger partial charge is 0.326 e. The van der Waals surface area contributed by atoms with E-state index in [2.05, 4.69) is 10.3 Å². The molecule has 1 saturated carbocycles. The van der Waals surface area contributed by atoms with Crippen LogP contribution in [-0.2, 0) is 21.5 Å². The second kappa shape index (κ2) is 6.38. The highest BCUT2D eigenvalue weighted by molar-refractivity contribution is 7.92. The van der Waals surface area contributed by atoms with Crippen molar-refractivity contribution in [2.45, 2.75) is 25.3 Å². The van der Waals surface area contributed by atoms with E-state index in [1.807, 2.05) is 18.3 Å². The van der Waals surface area contributed by atoms with Crippen LogP contribution in [-0.4, -0.2) is 31.0 Å². The molecular formula is C17H17FN4O4S. The quantitative estimate of drug-likeness (QED) is 0.713. The fraction of sp³-hybridized carbons (Fsp3) is 0.294. The maximum Gasteiger partial charge on any atom is 0.326 e. The highest BCUT2D eigenvalue weighted by Gasteiger charge is 2.37. The number of pyridine rings is 1. The van der Waals surface area contributed by atoms with Crippen LogP contribution in [0.5, 0.6) is 5.75 Å². The Morgan fingerprint density at radius 1 is 1.33 bits per heavy atom. The van der Waals surface area contributed by atoms with Gasteiger partial charge in [0, 0.05) is 12.7 Å². The Bertz CT molecular complexity index is 983. The summed E-state index contributed by atoms with van der Waals surface area (Å²) in [6.07, 6.45) is 4.18. The second-order valence-electron chi connectivity index (χ2n) is 6.59. The SMILES string of the molecule is O=C1CN(c2c(O)cc(CNc3ccc(C4CC4)cn3)cc2F)S(=O)(=O)N1. The minimum atomic E-state index is -4.20. The third-order valence-electron chi connectivity index (χ3n) is 4.48. The normalized spacial score (nSPS) is 18.4. The number of phenols is 1. The molecule has 1 aromatic heterocycles. The average Bonchev–Trinajstić information content (AvgIpc) is 3.39. The van der Waals surface area contributed by atoms with Gasteiger partial charge in [0.05, 0.1) is 0 Å². The molecule has 2 aliphatic rings. The monoisotopic (exact) mass is 392 g/mol. The Balaban J connectivity index is 1.50. The van der Waals surface area contributed by atoms with Gasteiger partial charge in [-0.3, -0.25) is 4.79 Å². The number of carbonyl (C=O) groups is 1. The van der Waals surface area contributed by atoms with E-state index in [4.69, 9.17) is 0 Å². The number of nitrogens with one attached hydrogen (secondary N) is 2. The van der Waals surface area contributed by atoms with Crippen molar-refractivity contribution in [2.75, 3.05) is 16.2 Å². The van der Waals surface area contributed by atoms with Gasteiger partial charge in [0.1, 0.15) is 23.8 Å². The van der Waals surface area contributed by atoms with Gasteiger partial charge < -0.3 is 10.4 Å². The van der Waals surface area contributed by atoms with Crippen LogP contribution in [0.1, 0.15) is 29.9 Å². The number of benzene rings is 1. The second-order valence-corrected chi connectivity index (χ2v) is 8.18. The molecule has 3 N–H and O–H groups in total. The summed E-state index contributed by atoms with van der Waals surface area (Å²) in [4.78, 5) is 15.6. The van der Waals surface area contributed by atoms with Crippen LogP contribution in [0, 0.1) is 5.82 Å². The van der Waals surface area contributed by atoms with Crippen molar-refractivity contribution < 1.29 is 22.7 Å². The minimum Gasteiger partial charge on any atom is -0.506 e. The van der Waals surface area contributed by atoms with E-state index in [1.165, 1.54) is 24.5 Å². The molecule has 0 radical (unpaired) electrons. The van der Waals surface area contributed by atoms with Gasteiger partial charge in [-0.05, 0) is 48.1 Å². The first-order valence-electron chi connectivity index (χ1n) is 8.38. The first kappa shape index (κ1) is 17.5. The van der Waals surface area contributed by atoms with Crippen LogP contribution in [0.15, 0.2) is 30.5 Å². The summed E-state index contributed by atoms with van der Waals surface area (Å²) in [6.45, 7) is -0.397. The van der Waals surface area contributed by atoms with Crippen LogP contribution in [0.3, 0.4) is 0 Å². The van der Waals surface area contributed by atoms with Crippen LogP contribution in [0.2, 0.25) is 0 Å². The maximum absolute atomic E-state index is 14.5. The first-order valence-corrected chi connectivity index (χ1v) is 9.82. The highest BCUT2D eigenvalue weighted by atomic mass is 32.2. The van der Waals surface area contributed by atoms with E-state index >= 15 is 0 Å². The molecule has 0 bridgehead atoms. The number of hydrogen-bond donors (Lipinski definition) is 3. The zero-order valence-corrected chi connectivity index (χ0v) is 15.0. The van der Waals surface area contributed by atoms with Gasteiger partial charge in [-0.15, -0.1) is 0 Å². The van der Waals surface area contributed by atoms with Crippen molar-refractivity contribution in [2.24, 2.45) is 0 Å². The number of carbonyl (C=O) groups excluding carboxylic acids is 1. The lowest BCUT2D eigenvalue weighted by atomic mass is 10.1. The maximum atomic E-state index is 14.5. The molecule has 10 heteroatoms. The van der Waals surface area contributed by atoms with Gasteiger partial charge in [-0.25, -0.2) is 18.4 Å². The molecule has 0 atom stereocenters. The van der Waals surface area contributed by atoms with Crippen molar-refractivity contribution in [3.8, 4) is 5.75 Å². The van der Waals surface area contributed by atoms with Crippen molar-refractivity contribution in [1.29, 1.82) is 0 Å². The summed E-state index contributed by atoms with van der Waals surface area (Å²) < 4.78 is 40.4. The zero-order chi connectivity index (χ0) is 19.2. The lowest BCUT2D eigenvalue weighted by Gasteiger charge is -2.18. The number of anilines is 2. The standard InChI is InChI=1S/C17H17FN4O4S/c18-13-5-10(7-19-15-4-3-12(8-20-15)11-1-2-11)6-14(23)17(13)22-9-16(24)21-27(22,25)26/h3-6,8,11,23H,1-2,7,9H2,(H,19,20)(H,21,24). The lowest BCUT2D eigenvalue weighted by Crippen LogP contribution is -2.30. The Labute approximate surface area is 155 Å². The van der Waals surface area contributed by atoms with Crippen molar-refractivity contribution in [3.05, 3.63) is 47.4 Å². The van der Waals surface area contributed by atoms with E-state index < -0.39 is 39.9 Å². The topological polar surface area (TPSA) is 112 Å². The molecule has 27 heavy (non-hydrogen) atoms. The average molecular weight is 392 g/mol. The Kier molecular flexibility index (Phi) is 4.14. The fourth-order valence-corrected chi connectivity index (χ4v) is 4.17. The molecular weight excluding hydrogens is 375 g/mol. The number of rotatable bonds is 5. The van der Waals surface area contributed by atoms with Crippen molar-refractivity contribution in [1.82, 2.24) is 9.71 Å². The van der Waals surface area contributed by atoms with E-state index in [0.717, 1.165) is 6.07 Å². The molecule has 0 spiro atoms. The first-order chi connectivity index (χ1) is 12.8. The predicted molar refractivity (Wildman–Crippen MR) is 96.0 cm³/mol. The summed E-state index contributed by atoms with van der Waals surface area (Å²) in [5, 5.41) is 13.2. The molecule has 0 unspecified atom stereocenters. The predicted octanol–water partition coefficient (Wildman–Crippen LogP) is 1.60. The van der Waals surface area contributed by atoms with Crippen molar-refractivity contribution in [3.63, 3.8) is 0 Å². The largest absolute Gasteiger partial charge is 0.506 e. The number of aromatic nitrogens is 1. The van der Waals surface area contributed by atoms with Gasteiger partial charge in [0.15, 0.2) is 5.82 Å². The van der Waals surface area contributed by atoms with Gasteiger partial charge in [-0.2, -0.15) is 8.42 Å². The zero-order valence-electron chi connectivity index (χ0n) is 14.1. The molecule has 8 nitrogen and oxygen atoms in total. The minimum absolute atomic E-state index is 0.185. The molecule has 2 aromatic rings. The summed E-state index contributed by atoms with van der Waals surface area (Å²) in [5.41, 5.74) is 1.05. The number of aromatic hydroxyl groups is 1. The molecule has 2 fully saturated rings. The summed E-state index contributed by atoms with van der Waals surface area (Å²) in [5.74, 6) is -1.08. The molecule has 1 saturated heterocycles. The van der Waals surface area contributed by atoms with E-state index in [-0.39, 0.29) is 6.54 Å². The Morgan fingerprint density at radius 3 is 2.67 bits per heavy atom. The van der Waals surface area contributed by atoms with Gasteiger partial charge in [-0.1, -0.05) is 6.07 Å². The molecule has 1 aromatic carbocycles. The Morgan fingerprint density at radius 2 is 2.11 bits per heavy atom. The molecule has 1 aliphatic heterocycles. The van der Waals surface area contributed by atoms with Gasteiger partial charge >= 0.3 is 10.2 Å². The number of nitrogens with zero attached hydrogens (tertiary/aromatic N) is 2. The summed E-state index contributed by atoms with van der Waals surface area (Å²) in [6, 6.07) is 6.20. The third kappa shape index (κ3) is 3.52. The molecule has 1 amide bonds. The molecule has 1 aliphatic carbocycles. The highest BCUT2D eigenvalue weighted by Crippen LogP contribution is 2.39. The van der Waals surface area contributed by atoms with E-state index in [9.17, 15) is 22.7 Å². The summed E-state index contributed by atoms with van der Waals surface area (Å²) >= 11 is 0. The van der Waals surface area contributed by atoms with Crippen LogP contribution in [0.4, 0.5) is 15.9 Å². The van der Waals surface area contributed by atoms with Crippen LogP contribution in [0.25, 0.3) is 0 Å². The van der Waals surface area contributed by atoms with Gasteiger partial charge in [0.2, 0.25) is 0 Å². The number of halogens is 1. The van der Waals surface area contributed by atoms with E-state index in [1.54, 1.807) is 4.72 Å². The molecule has 2 heterocycles. The number of hydrogen-bond acceptors (Lipinski definition) is 6. The van der Waals surface area contributed by atoms with Crippen LogP contribution < -0.4 is 14.3 Å². The third-order valence-corrected chi connectivity index (χ3v) is 5.86. The lowest BCUT2D eigenvalue weighted by molar-refractivity contribution is -0.117. The molecule has 142 valence electrons. The fourth-order valence-electron chi connectivity index (χ4n) is 2.99. The number of amides is 1. The van der Waals surface area contributed by atoms with Crippen LogP contribution >= 0.6 is 0 Å².